The van der Waals surface area contributed by atoms with Crippen LogP contribution in [-0.4, -0.2) is 61.7 Å². The van der Waals surface area contributed by atoms with Crippen LogP contribution in [0, 0.1) is 5.92 Å². The highest BCUT2D eigenvalue weighted by Gasteiger charge is 2.23. The summed E-state index contributed by atoms with van der Waals surface area (Å²) in [6.07, 6.45) is 2.51. The average molecular weight is 330 g/mol. The predicted molar refractivity (Wildman–Crippen MR) is 98.0 cm³/mol. The van der Waals surface area contributed by atoms with E-state index in [2.05, 4.69) is 47.1 Å². The number of morpholine rings is 1. The molecule has 0 radical (unpaired) electrons. The molecule has 2 saturated heterocycles. The molecule has 2 unspecified atom stereocenters. The number of nitrogens with two attached hydrogens (primary N) is 1. The van der Waals surface area contributed by atoms with Crippen LogP contribution in [-0.2, 0) is 4.74 Å². The molecule has 1 aromatic rings. The van der Waals surface area contributed by atoms with Gasteiger partial charge in [-0.1, -0.05) is 37.3 Å². The summed E-state index contributed by atoms with van der Waals surface area (Å²) >= 11 is 0. The maximum atomic E-state index is 6.30. The SMILES string of the molecule is CC1CCCN(C(N)=NCC(c2ccccc2)N2CCOCC2)C1. The highest BCUT2D eigenvalue weighted by atomic mass is 16.5. The summed E-state index contributed by atoms with van der Waals surface area (Å²) in [6.45, 7) is 8.57. The molecule has 5 nitrogen and oxygen atoms in total. The second-order valence-corrected chi connectivity index (χ2v) is 6.97. The fourth-order valence-corrected chi connectivity index (χ4v) is 3.67. The molecule has 0 aliphatic carbocycles. The smallest absolute Gasteiger partial charge is 0.191 e. The Labute approximate surface area is 145 Å². The van der Waals surface area contributed by atoms with Crippen molar-refractivity contribution in [3.63, 3.8) is 0 Å². The zero-order valence-electron chi connectivity index (χ0n) is 14.7. The summed E-state index contributed by atoms with van der Waals surface area (Å²) in [4.78, 5) is 9.48. The Balaban J connectivity index is 1.70. The molecule has 2 aliphatic rings. The van der Waals surface area contributed by atoms with Crippen LogP contribution >= 0.6 is 0 Å². The van der Waals surface area contributed by atoms with Crippen LogP contribution in [0.3, 0.4) is 0 Å². The largest absolute Gasteiger partial charge is 0.379 e. The molecular weight excluding hydrogens is 300 g/mol. The Morgan fingerprint density at radius 1 is 1.25 bits per heavy atom. The molecule has 0 aromatic heterocycles. The number of benzene rings is 1. The number of rotatable bonds is 4. The fraction of sp³-hybridized carbons (Fsp3) is 0.632. The first-order chi connectivity index (χ1) is 11.7. The van der Waals surface area contributed by atoms with E-state index in [1.807, 2.05) is 0 Å². The van der Waals surface area contributed by atoms with Gasteiger partial charge in [0, 0.05) is 26.2 Å². The number of nitrogens with zero attached hydrogens (tertiary/aromatic N) is 3. The van der Waals surface area contributed by atoms with Gasteiger partial charge in [-0.25, -0.2) is 0 Å². The van der Waals surface area contributed by atoms with Gasteiger partial charge in [0.05, 0.1) is 25.8 Å². The first kappa shape index (κ1) is 17.2. The highest BCUT2D eigenvalue weighted by Crippen LogP contribution is 2.22. The molecule has 2 heterocycles. The van der Waals surface area contributed by atoms with Gasteiger partial charge in [-0.15, -0.1) is 0 Å². The summed E-state index contributed by atoms with van der Waals surface area (Å²) in [5.74, 6) is 1.41. The van der Waals surface area contributed by atoms with Crippen molar-refractivity contribution in [3.8, 4) is 0 Å². The Hall–Kier alpha value is -1.59. The lowest BCUT2D eigenvalue weighted by Gasteiger charge is -2.35. The molecule has 0 amide bonds. The quantitative estimate of drug-likeness (QED) is 0.678. The molecule has 2 N–H and O–H groups in total. The maximum Gasteiger partial charge on any atom is 0.191 e. The lowest BCUT2D eigenvalue weighted by atomic mass is 10.0. The third-order valence-electron chi connectivity index (χ3n) is 5.08. The van der Waals surface area contributed by atoms with E-state index >= 15 is 0 Å². The van der Waals surface area contributed by atoms with Crippen molar-refractivity contribution < 1.29 is 4.74 Å². The number of aliphatic imine (C=N–C) groups is 1. The summed E-state index contributed by atoms with van der Waals surface area (Å²) < 4.78 is 5.51. The molecule has 24 heavy (non-hydrogen) atoms. The first-order valence-electron chi connectivity index (χ1n) is 9.15. The van der Waals surface area contributed by atoms with E-state index in [4.69, 9.17) is 15.5 Å². The Morgan fingerprint density at radius 3 is 2.71 bits per heavy atom. The molecule has 3 rings (SSSR count). The molecule has 0 bridgehead atoms. The van der Waals surface area contributed by atoms with Crippen LogP contribution in [0.2, 0.25) is 0 Å². The van der Waals surface area contributed by atoms with Gasteiger partial charge in [0.15, 0.2) is 5.96 Å². The molecule has 2 aliphatic heterocycles. The third kappa shape index (κ3) is 4.48. The molecule has 0 saturated carbocycles. The van der Waals surface area contributed by atoms with Crippen molar-refractivity contribution in [2.45, 2.75) is 25.8 Å². The maximum absolute atomic E-state index is 6.30. The highest BCUT2D eigenvalue weighted by molar-refractivity contribution is 5.78. The van der Waals surface area contributed by atoms with Crippen LogP contribution in [0.1, 0.15) is 31.4 Å². The second kappa shape index (κ2) is 8.49. The van der Waals surface area contributed by atoms with Crippen molar-refractivity contribution in [2.75, 3.05) is 45.9 Å². The van der Waals surface area contributed by atoms with Crippen molar-refractivity contribution >= 4 is 5.96 Å². The molecule has 1 aromatic carbocycles. The lowest BCUT2D eigenvalue weighted by Crippen LogP contribution is -2.44. The summed E-state index contributed by atoms with van der Waals surface area (Å²) in [5.41, 5.74) is 7.61. The molecule has 2 fully saturated rings. The second-order valence-electron chi connectivity index (χ2n) is 6.97. The van der Waals surface area contributed by atoms with Crippen LogP contribution in [0.5, 0.6) is 0 Å². The number of hydrogen-bond acceptors (Lipinski definition) is 3. The van der Waals surface area contributed by atoms with E-state index in [1.54, 1.807) is 0 Å². The summed E-state index contributed by atoms with van der Waals surface area (Å²) in [6, 6.07) is 10.9. The van der Waals surface area contributed by atoms with Crippen LogP contribution in [0.15, 0.2) is 35.3 Å². The monoisotopic (exact) mass is 330 g/mol. The van der Waals surface area contributed by atoms with Gasteiger partial charge in [0.25, 0.3) is 0 Å². The van der Waals surface area contributed by atoms with Crippen LogP contribution < -0.4 is 5.73 Å². The van der Waals surface area contributed by atoms with E-state index in [-0.39, 0.29) is 6.04 Å². The Kier molecular flexibility index (Phi) is 6.10. The average Bonchev–Trinajstić information content (AvgIpc) is 2.63. The topological polar surface area (TPSA) is 54.1 Å². The summed E-state index contributed by atoms with van der Waals surface area (Å²) in [7, 11) is 0. The first-order valence-corrected chi connectivity index (χ1v) is 9.15. The number of guanidine groups is 1. The van der Waals surface area contributed by atoms with Crippen molar-refractivity contribution in [1.29, 1.82) is 0 Å². The minimum Gasteiger partial charge on any atom is -0.379 e. The minimum absolute atomic E-state index is 0.274. The van der Waals surface area contributed by atoms with E-state index in [9.17, 15) is 0 Å². The van der Waals surface area contributed by atoms with E-state index in [0.717, 1.165) is 39.4 Å². The van der Waals surface area contributed by atoms with Gasteiger partial charge in [0.1, 0.15) is 0 Å². The number of ether oxygens (including phenoxy) is 1. The number of hydrogen-bond donors (Lipinski definition) is 1. The van der Waals surface area contributed by atoms with Crippen LogP contribution in [0.25, 0.3) is 0 Å². The van der Waals surface area contributed by atoms with Crippen LogP contribution in [0.4, 0.5) is 0 Å². The van der Waals surface area contributed by atoms with Gasteiger partial charge >= 0.3 is 0 Å². The van der Waals surface area contributed by atoms with Crippen molar-refractivity contribution in [1.82, 2.24) is 9.80 Å². The van der Waals surface area contributed by atoms with Gasteiger partial charge in [-0.3, -0.25) is 9.89 Å². The zero-order chi connectivity index (χ0) is 16.8. The zero-order valence-corrected chi connectivity index (χ0v) is 14.7. The molecule has 0 spiro atoms. The molecular formula is C19H30N4O. The van der Waals surface area contributed by atoms with E-state index in [0.29, 0.717) is 18.4 Å². The van der Waals surface area contributed by atoms with Crippen molar-refractivity contribution in [2.24, 2.45) is 16.6 Å². The van der Waals surface area contributed by atoms with E-state index in [1.165, 1.54) is 18.4 Å². The number of likely N-dealkylation sites (tertiary alicyclic amines) is 1. The molecule has 2 atom stereocenters. The van der Waals surface area contributed by atoms with E-state index < -0.39 is 0 Å². The van der Waals surface area contributed by atoms with Gasteiger partial charge in [-0.2, -0.15) is 0 Å². The third-order valence-corrected chi connectivity index (χ3v) is 5.08. The molecule has 132 valence electrons. The predicted octanol–water partition coefficient (Wildman–Crippen LogP) is 2.11. The molecule has 5 heteroatoms. The Bertz CT molecular complexity index is 527. The Morgan fingerprint density at radius 2 is 2.00 bits per heavy atom. The number of piperidine rings is 1. The lowest BCUT2D eigenvalue weighted by molar-refractivity contribution is 0.0179. The fourth-order valence-electron chi connectivity index (χ4n) is 3.67. The van der Waals surface area contributed by atoms with Gasteiger partial charge in [0.2, 0.25) is 0 Å². The standard InChI is InChI=1S/C19H30N4O/c1-16-6-5-9-23(15-16)19(20)21-14-18(17-7-3-2-4-8-17)22-10-12-24-13-11-22/h2-4,7-8,16,18H,5-6,9-15H2,1H3,(H2,20,21). The van der Waals surface area contributed by atoms with Gasteiger partial charge in [-0.05, 0) is 24.3 Å². The van der Waals surface area contributed by atoms with Crippen molar-refractivity contribution in [3.05, 3.63) is 35.9 Å². The minimum atomic E-state index is 0.274. The normalized spacial score (nSPS) is 24.8. The van der Waals surface area contributed by atoms with Gasteiger partial charge < -0.3 is 15.4 Å². The summed E-state index contributed by atoms with van der Waals surface area (Å²) in [5, 5.41) is 0.